The number of aliphatic imine (C=N–C) groups is 1. The van der Waals surface area contributed by atoms with Gasteiger partial charge in [0.15, 0.2) is 0 Å². The summed E-state index contributed by atoms with van der Waals surface area (Å²) in [6.07, 6.45) is 11.3. The lowest BCUT2D eigenvalue weighted by Gasteiger charge is -2.25. The minimum absolute atomic E-state index is 0.197. The fourth-order valence-corrected chi connectivity index (χ4v) is 3.56. The van der Waals surface area contributed by atoms with E-state index in [-0.39, 0.29) is 11.3 Å². The molecule has 1 fully saturated rings. The Morgan fingerprint density at radius 3 is 2.39 bits per heavy atom. The summed E-state index contributed by atoms with van der Waals surface area (Å²) in [7, 11) is 0. The maximum Gasteiger partial charge on any atom is 0.133 e. The summed E-state index contributed by atoms with van der Waals surface area (Å²) < 4.78 is 0. The Morgan fingerprint density at radius 2 is 2.00 bits per heavy atom. The molecule has 23 heavy (non-hydrogen) atoms. The van der Waals surface area contributed by atoms with Crippen LogP contribution in [0.15, 0.2) is 41.2 Å². The van der Waals surface area contributed by atoms with Crippen LogP contribution in [-0.4, -0.2) is 11.5 Å². The van der Waals surface area contributed by atoms with Crippen molar-refractivity contribution in [1.29, 1.82) is 0 Å². The minimum Gasteiger partial charge on any atom is -0.405 e. The van der Waals surface area contributed by atoms with Gasteiger partial charge in [0.05, 0.1) is 0 Å². The average Bonchev–Trinajstić information content (AvgIpc) is 3.27. The molecule has 1 saturated carbocycles. The lowest BCUT2D eigenvalue weighted by Crippen LogP contribution is -2.24. The van der Waals surface area contributed by atoms with E-state index in [1.165, 1.54) is 5.57 Å². The highest BCUT2D eigenvalue weighted by molar-refractivity contribution is 6.03. The molecule has 3 heteroatoms. The summed E-state index contributed by atoms with van der Waals surface area (Å²) in [4.78, 5) is 16.5. The molecule has 0 bridgehead atoms. The van der Waals surface area contributed by atoms with Gasteiger partial charge in [0.25, 0.3) is 0 Å². The zero-order valence-corrected chi connectivity index (χ0v) is 15.2. The lowest BCUT2D eigenvalue weighted by molar-refractivity contribution is -0.123. The van der Waals surface area contributed by atoms with Crippen LogP contribution in [0.3, 0.4) is 0 Å². The van der Waals surface area contributed by atoms with Crippen molar-refractivity contribution >= 4 is 11.5 Å². The quantitative estimate of drug-likeness (QED) is 0.458. The van der Waals surface area contributed by atoms with Gasteiger partial charge < -0.3 is 5.73 Å². The highest BCUT2D eigenvalue weighted by Gasteiger charge is 2.49. The van der Waals surface area contributed by atoms with E-state index in [1.807, 2.05) is 6.08 Å². The van der Waals surface area contributed by atoms with Crippen LogP contribution in [0.25, 0.3) is 0 Å². The van der Waals surface area contributed by atoms with E-state index in [0.717, 1.165) is 49.8 Å². The first-order chi connectivity index (χ1) is 10.9. The minimum atomic E-state index is 0.197. The first-order valence-corrected chi connectivity index (χ1v) is 8.66. The predicted octanol–water partition coefficient (Wildman–Crippen LogP) is 4.95. The maximum atomic E-state index is 12.1. The van der Waals surface area contributed by atoms with Gasteiger partial charge in [-0.05, 0) is 76.1 Å². The van der Waals surface area contributed by atoms with Crippen LogP contribution in [0.1, 0.15) is 66.2 Å². The molecule has 128 valence electrons. The molecule has 1 atom stereocenters. The summed E-state index contributed by atoms with van der Waals surface area (Å²) in [5.74, 6) is 0.550. The third-order valence-corrected chi connectivity index (χ3v) is 4.92. The topological polar surface area (TPSA) is 55.5 Å². The third kappa shape index (κ3) is 5.19. The fourth-order valence-electron chi connectivity index (χ4n) is 3.56. The van der Waals surface area contributed by atoms with Crippen molar-refractivity contribution in [1.82, 2.24) is 0 Å². The lowest BCUT2D eigenvalue weighted by atomic mass is 9.79. The number of hydrogen-bond acceptors (Lipinski definition) is 3. The van der Waals surface area contributed by atoms with Crippen LogP contribution in [0.2, 0.25) is 0 Å². The van der Waals surface area contributed by atoms with Crippen LogP contribution in [-0.2, 0) is 4.79 Å². The molecule has 1 aliphatic carbocycles. The second-order valence-corrected chi connectivity index (χ2v) is 6.85. The van der Waals surface area contributed by atoms with Crippen molar-refractivity contribution in [2.75, 3.05) is 0 Å². The zero-order valence-electron chi connectivity index (χ0n) is 15.2. The molecule has 0 saturated heterocycles. The van der Waals surface area contributed by atoms with Gasteiger partial charge in [0, 0.05) is 17.8 Å². The summed E-state index contributed by atoms with van der Waals surface area (Å²) in [6.45, 7) is 11.8. The van der Waals surface area contributed by atoms with Crippen molar-refractivity contribution in [3.8, 4) is 0 Å². The number of allylic oxidation sites excluding steroid dienone is 3. The SMILES string of the molecule is C=C/N=C(/CCC1([C@H](CCC)C(C)=O)CC1)C(/C=C\N)=C(C)C. The van der Waals surface area contributed by atoms with Gasteiger partial charge in [-0.3, -0.25) is 9.79 Å². The van der Waals surface area contributed by atoms with E-state index in [9.17, 15) is 4.79 Å². The van der Waals surface area contributed by atoms with E-state index >= 15 is 0 Å². The Balaban J connectivity index is 2.92. The van der Waals surface area contributed by atoms with Crippen molar-refractivity contribution in [3.05, 3.63) is 36.2 Å². The molecule has 0 unspecified atom stereocenters. The molecule has 0 amide bonds. The van der Waals surface area contributed by atoms with Crippen LogP contribution in [0.4, 0.5) is 0 Å². The van der Waals surface area contributed by atoms with Gasteiger partial charge in [0.2, 0.25) is 0 Å². The van der Waals surface area contributed by atoms with E-state index in [4.69, 9.17) is 5.73 Å². The summed E-state index contributed by atoms with van der Waals surface area (Å²) in [5.41, 5.74) is 9.07. The molecule has 3 nitrogen and oxygen atoms in total. The van der Waals surface area contributed by atoms with Crippen LogP contribution in [0.5, 0.6) is 0 Å². The fraction of sp³-hybridized carbons (Fsp3) is 0.600. The largest absolute Gasteiger partial charge is 0.405 e. The molecule has 0 aromatic rings. The smallest absolute Gasteiger partial charge is 0.133 e. The highest BCUT2D eigenvalue weighted by Crippen LogP contribution is 2.57. The predicted molar refractivity (Wildman–Crippen MR) is 99.3 cm³/mol. The van der Waals surface area contributed by atoms with E-state index in [2.05, 4.69) is 32.3 Å². The van der Waals surface area contributed by atoms with Crippen LogP contribution < -0.4 is 5.73 Å². The molecule has 1 rings (SSSR count). The number of carbonyl (C=O) groups excluding carboxylic acids is 1. The molecule has 0 heterocycles. The monoisotopic (exact) mass is 316 g/mol. The molecule has 0 radical (unpaired) electrons. The maximum absolute atomic E-state index is 12.1. The van der Waals surface area contributed by atoms with Gasteiger partial charge in [-0.25, -0.2) is 0 Å². The second kappa shape index (κ2) is 8.85. The van der Waals surface area contributed by atoms with Gasteiger partial charge in [0.1, 0.15) is 5.78 Å². The van der Waals surface area contributed by atoms with E-state index < -0.39 is 0 Å². The van der Waals surface area contributed by atoms with Gasteiger partial charge in [-0.15, -0.1) is 0 Å². The van der Waals surface area contributed by atoms with Gasteiger partial charge in [-0.2, -0.15) is 0 Å². The molecular weight excluding hydrogens is 284 g/mol. The number of rotatable bonds is 10. The van der Waals surface area contributed by atoms with Crippen LogP contribution >= 0.6 is 0 Å². The molecule has 0 aromatic carbocycles. The standard InChI is InChI=1S/C20H32N2O/c1-6-8-18(16(5)23)20(12-13-20)11-9-19(22-7-2)17(10-14-21)15(3)4/h7,10,14,18H,2,6,8-9,11-13,21H2,1,3-5H3/b14-10-,22-19-/t18-/m1/s1. The normalized spacial score (nSPS) is 17.8. The van der Waals surface area contributed by atoms with Crippen molar-refractivity contribution in [2.45, 2.75) is 66.2 Å². The Bertz CT molecular complexity index is 518. The summed E-state index contributed by atoms with van der Waals surface area (Å²) in [5, 5.41) is 0. The number of nitrogens with two attached hydrogens (primary N) is 1. The number of nitrogens with zero attached hydrogens (tertiary/aromatic N) is 1. The second-order valence-electron chi connectivity index (χ2n) is 6.85. The molecular formula is C20H32N2O. The molecule has 0 spiro atoms. The summed E-state index contributed by atoms with van der Waals surface area (Å²) >= 11 is 0. The Morgan fingerprint density at radius 1 is 1.35 bits per heavy atom. The molecule has 0 aliphatic heterocycles. The average molecular weight is 316 g/mol. The van der Waals surface area contributed by atoms with Crippen LogP contribution in [0, 0.1) is 11.3 Å². The summed E-state index contributed by atoms with van der Waals surface area (Å²) in [6, 6.07) is 0. The zero-order chi connectivity index (χ0) is 17.5. The third-order valence-electron chi connectivity index (χ3n) is 4.92. The van der Waals surface area contributed by atoms with Crippen molar-refractivity contribution < 1.29 is 4.79 Å². The molecule has 2 N–H and O–H groups in total. The van der Waals surface area contributed by atoms with Crippen molar-refractivity contribution in [3.63, 3.8) is 0 Å². The number of carbonyl (C=O) groups is 1. The van der Waals surface area contributed by atoms with E-state index in [1.54, 1.807) is 19.3 Å². The first-order valence-electron chi connectivity index (χ1n) is 8.66. The van der Waals surface area contributed by atoms with E-state index in [0.29, 0.717) is 5.78 Å². The van der Waals surface area contributed by atoms with Gasteiger partial charge >= 0.3 is 0 Å². The Kier molecular flexibility index (Phi) is 7.47. The number of ketones is 1. The first kappa shape index (κ1) is 19.4. The highest BCUT2D eigenvalue weighted by atomic mass is 16.1. The molecule has 0 aromatic heterocycles. The molecule has 1 aliphatic rings. The van der Waals surface area contributed by atoms with Gasteiger partial charge in [-0.1, -0.05) is 25.5 Å². The number of hydrogen-bond donors (Lipinski definition) is 1. The number of Topliss-reactive ketones (excluding diaryl/α,β-unsaturated/α-hetero) is 1. The van der Waals surface area contributed by atoms with Crippen molar-refractivity contribution in [2.24, 2.45) is 22.1 Å². The Hall–Kier alpha value is -1.64. The Labute approximate surface area is 141 Å².